The zero-order valence-electron chi connectivity index (χ0n) is 10.3. The van der Waals surface area contributed by atoms with Crippen LogP contribution >= 0.6 is 15.9 Å². The quantitative estimate of drug-likeness (QED) is 0.325. The Hall–Kier alpha value is -2.18. The first-order valence-corrected chi connectivity index (χ1v) is 6.09. The standard InChI is InChI=1S/C10HBrF7N3O2/c11-9-2(21(22)23)1-19-20(9)8-6(14)4(12)3(10(16,17)18)5(13)7(8)15/h1H. The number of alkyl halides is 3. The van der Waals surface area contributed by atoms with Gasteiger partial charge in [-0.15, -0.1) is 0 Å². The molecular formula is C10HBrF7N3O2. The van der Waals surface area contributed by atoms with E-state index in [4.69, 9.17) is 0 Å². The summed E-state index contributed by atoms with van der Waals surface area (Å²) in [6, 6.07) is 0. The van der Waals surface area contributed by atoms with Crippen LogP contribution in [-0.4, -0.2) is 14.7 Å². The molecule has 0 aliphatic heterocycles. The predicted octanol–water partition coefficient (Wildman–Crippen LogP) is 4.12. The van der Waals surface area contributed by atoms with Crippen LogP contribution < -0.4 is 0 Å². The molecule has 0 spiro atoms. The fraction of sp³-hybridized carbons (Fsp3) is 0.100. The van der Waals surface area contributed by atoms with Crippen molar-refractivity contribution in [1.82, 2.24) is 9.78 Å². The highest BCUT2D eigenvalue weighted by molar-refractivity contribution is 9.10. The molecule has 0 radical (unpaired) electrons. The van der Waals surface area contributed by atoms with E-state index in [0.717, 1.165) is 0 Å². The van der Waals surface area contributed by atoms with Gasteiger partial charge in [0.05, 0.1) is 4.92 Å². The lowest BCUT2D eigenvalue weighted by atomic mass is 10.1. The fourth-order valence-electron chi connectivity index (χ4n) is 1.66. The SMILES string of the molecule is O=[N+]([O-])c1cnn(-c2c(F)c(F)c(C(F)(F)F)c(F)c2F)c1Br. The minimum atomic E-state index is -5.69. The van der Waals surface area contributed by atoms with Gasteiger partial charge in [0.1, 0.15) is 17.4 Å². The van der Waals surface area contributed by atoms with Crippen molar-refractivity contribution in [3.8, 4) is 5.69 Å². The van der Waals surface area contributed by atoms with Gasteiger partial charge in [0, 0.05) is 0 Å². The van der Waals surface area contributed by atoms with Gasteiger partial charge in [0.15, 0.2) is 27.9 Å². The van der Waals surface area contributed by atoms with E-state index in [2.05, 4.69) is 21.0 Å². The highest BCUT2D eigenvalue weighted by atomic mass is 79.9. The summed E-state index contributed by atoms with van der Waals surface area (Å²) in [7, 11) is 0. The van der Waals surface area contributed by atoms with Crippen LogP contribution in [0.15, 0.2) is 10.8 Å². The summed E-state index contributed by atoms with van der Waals surface area (Å²) in [5.41, 5.74) is -5.26. The molecule has 1 aromatic heterocycles. The van der Waals surface area contributed by atoms with Crippen LogP contribution in [-0.2, 0) is 6.18 Å². The van der Waals surface area contributed by atoms with Crippen molar-refractivity contribution in [2.75, 3.05) is 0 Å². The third-order valence-electron chi connectivity index (χ3n) is 2.62. The second-order valence-corrected chi connectivity index (χ2v) is 4.72. The second kappa shape index (κ2) is 5.47. The van der Waals surface area contributed by atoms with Crippen molar-refractivity contribution in [2.24, 2.45) is 0 Å². The van der Waals surface area contributed by atoms with E-state index in [1.165, 1.54) is 0 Å². The number of halogens is 8. The van der Waals surface area contributed by atoms with Gasteiger partial charge >= 0.3 is 11.9 Å². The number of aromatic nitrogens is 2. The number of nitro groups is 1. The van der Waals surface area contributed by atoms with Gasteiger partial charge in [0.2, 0.25) is 0 Å². The van der Waals surface area contributed by atoms with E-state index < -0.39 is 55.9 Å². The Morgan fingerprint density at radius 1 is 1.09 bits per heavy atom. The number of rotatable bonds is 2. The highest BCUT2D eigenvalue weighted by Gasteiger charge is 2.43. The van der Waals surface area contributed by atoms with Crippen LogP contribution in [0.25, 0.3) is 5.69 Å². The molecule has 0 amide bonds. The Kier molecular flexibility index (Phi) is 4.09. The molecule has 13 heteroatoms. The van der Waals surface area contributed by atoms with E-state index in [1.807, 2.05) is 0 Å². The van der Waals surface area contributed by atoms with E-state index in [1.54, 1.807) is 0 Å². The molecule has 0 aliphatic rings. The monoisotopic (exact) mass is 407 g/mol. The Balaban J connectivity index is 2.84. The van der Waals surface area contributed by atoms with Crippen molar-refractivity contribution < 1.29 is 35.7 Å². The van der Waals surface area contributed by atoms with E-state index in [9.17, 15) is 40.8 Å². The molecule has 5 nitrogen and oxygen atoms in total. The molecule has 124 valence electrons. The molecule has 0 aliphatic carbocycles. The van der Waals surface area contributed by atoms with Crippen molar-refractivity contribution in [1.29, 1.82) is 0 Å². The van der Waals surface area contributed by atoms with Crippen LogP contribution in [0.1, 0.15) is 5.56 Å². The van der Waals surface area contributed by atoms with Crippen LogP contribution in [0, 0.1) is 33.4 Å². The molecular weight excluding hydrogens is 407 g/mol. The molecule has 2 aromatic rings. The summed E-state index contributed by atoms with van der Waals surface area (Å²) < 4.78 is 91.2. The lowest BCUT2D eigenvalue weighted by molar-refractivity contribution is -0.385. The van der Waals surface area contributed by atoms with E-state index in [-0.39, 0.29) is 4.68 Å². The normalized spacial score (nSPS) is 11.8. The molecule has 0 saturated heterocycles. The summed E-state index contributed by atoms with van der Waals surface area (Å²) in [6.45, 7) is 0. The van der Waals surface area contributed by atoms with Gasteiger partial charge in [-0.3, -0.25) is 10.1 Å². The summed E-state index contributed by atoms with van der Waals surface area (Å²) in [5.74, 6) is -10.2. The van der Waals surface area contributed by atoms with Gasteiger partial charge < -0.3 is 0 Å². The number of hydrogen-bond donors (Lipinski definition) is 0. The summed E-state index contributed by atoms with van der Waals surface area (Å²) >= 11 is 2.52. The summed E-state index contributed by atoms with van der Waals surface area (Å²) in [6.07, 6.45) is -5.21. The first-order valence-electron chi connectivity index (χ1n) is 5.29. The highest BCUT2D eigenvalue weighted by Crippen LogP contribution is 2.39. The summed E-state index contributed by atoms with van der Waals surface area (Å²) in [5, 5.41) is 13.7. The molecule has 0 bridgehead atoms. The molecule has 1 heterocycles. The van der Waals surface area contributed by atoms with Gasteiger partial charge in [-0.25, -0.2) is 22.2 Å². The van der Waals surface area contributed by atoms with E-state index in [0.29, 0.717) is 6.20 Å². The number of hydrogen-bond acceptors (Lipinski definition) is 3. The average molecular weight is 408 g/mol. The lowest BCUT2D eigenvalue weighted by Crippen LogP contribution is -2.18. The van der Waals surface area contributed by atoms with Gasteiger partial charge in [-0.05, 0) is 15.9 Å². The van der Waals surface area contributed by atoms with Gasteiger partial charge in [0.25, 0.3) is 0 Å². The van der Waals surface area contributed by atoms with Crippen LogP contribution in [0.2, 0.25) is 0 Å². The molecule has 1 aromatic carbocycles. The van der Waals surface area contributed by atoms with Gasteiger partial charge in [-0.1, -0.05) is 0 Å². The third-order valence-corrected chi connectivity index (χ3v) is 3.37. The Labute approximate surface area is 129 Å². The predicted molar refractivity (Wildman–Crippen MR) is 62.8 cm³/mol. The van der Waals surface area contributed by atoms with Crippen molar-refractivity contribution in [3.63, 3.8) is 0 Å². The molecule has 0 saturated carbocycles. The summed E-state index contributed by atoms with van der Waals surface area (Å²) in [4.78, 5) is 9.55. The molecule has 23 heavy (non-hydrogen) atoms. The number of nitrogens with zero attached hydrogens (tertiary/aromatic N) is 3. The Morgan fingerprint density at radius 2 is 1.57 bits per heavy atom. The first-order chi connectivity index (χ1) is 10.5. The zero-order valence-corrected chi connectivity index (χ0v) is 11.8. The van der Waals surface area contributed by atoms with Crippen LogP contribution in [0.4, 0.5) is 36.4 Å². The van der Waals surface area contributed by atoms with Gasteiger partial charge in [-0.2, -0.15) is 18.3 Å². The van der Waals surface area contributed by atoms with Crippen LogP contribution in [0.3, 0.4) is 0 Å². The van der Waals surface area contributed by atoms with Crippen molar-refractivity contribution in [3.05, 3.63) is 49.7 Å². The topological polar surface area (TPSA) is 61.0 Å². The third kappa shape index (κ3) is 2.64. The van der Waals surface area contributed by atoms with Crippen LogP contribution in [0.5, 0.6) is 0 Å². The average Bonchev–Trinajstić information content (AvgIpc) is 2.78. The molecule has 2 rings (SSSR count). The molecule has 0 fully saturated rings. The Morgan fingerprint density at radius 3 is 1.91 bits per heavy atom. The molecule has 0 atom stereocenters. The lowest BCUT2D eigenvalue weighted by Gasteiger charge is -2.14. The first kappa shape index (κ1) is 17.2. The smallest absolute Gasteiger partial charge is 0.258 e. The largest absolute Gasteiger partial charge is 0.422 e. The maximum absolute atomic E-state index is 13.8. The minimum absolute atomic E-state index is 0.0229. The number of benzene rings is 1. The maximum Gasteiger partial charge on any atom is 0.422 e. The van der Waals surface area contributed by atoms with Crippen molar-refractivity contribution in [2.45, 2.75) is 6.18 Å². The Bertz CT molecular complexity index is 789. The zero-order chi connectivity index (χ0) is 17.7. The maximum atomic E-state index is 13.8. The molecule has 0 unspecified atom stereocenters. The minimum Gasteiger partial charge on any atom is -0.258 e. The van der Waals surface area contributed by atoms with Crippen molar-refractivity contribution >= 4 is 21.6 Å². The van der Waals surface area contributed by atoms with E-state index >= 15 is 0 Å². The second-order valence-electron chi connectivity index (χ2n) is 3.97. The molecule has 0 N–H and O–H groups in total. The fourth-order valence-corrected chi connectivity index (χ4v) is 2.17.